The predicted molar refractivity (Wildman–Crippen MR) is 75.3 cm³/mol. The van der Waals surface area contributed by atoms with Crippen LogP contribution in [0.1, 0.15) is 16.7 Å². The Morgan fingerprint density at radius 3 is 2.79 bits per heavy atom. The lowest BCUT2D eigenvalue weighted by molar-refractivity contribution is 0.132. The summed E-state index contributed by atoms with van der Waals surface area (Å²) in [5.41, 5.74) is 2.42. The third kappa shape index (κ3) is 3.78. The average Bonchev–Trinajstić information content (AvgIpc) is 2.45. The molecule has 3 heteroatoms. The van der Waals surface area contributed by atoms with Crippen LogP contribution in [0, 0.1) is 5.82 Å². The molecular weight excluding hydrogens is 241 g/mol. The van der Waals surface area contributed by atoms with Crippen LogP contribution in [0.3, 0.4) is 0 Å². The molecule has 2 nitrogen and oxygen atoms in total. The van der Waals surface area contributed by atoms with E-state index in [0.717, 1.165) is 11.1 Å². The molecule has 0 saturated carbocycles. The lowest BCUT2D eigenvalue weighted by atomic mass is 10.1. The van der Waals surface area contributed by atoms with Gasteiger partial charge in [-0.3, -0.25) is 0 Å². The smallest absolute Gasteiger partial charge is 0.142 e. The van der Waals surface area contributed by atoms with Crippen molar-refractivity contribution in [2.24, 2.45) is 5.16 Å². The van der Waals surface area contributed by atoms with E-state index in [2.05, 4.69) is 11.7 Å². The molecule has 0 aliphatic rings. The highest BCUT2D eigenvalue weighted by Crippen LogP contribution is 2.08. The molecular formula is C16H14FNO. The van der Waals surface area contributed by atoms with Crippen molar-refractivity contribution in [1.29, 1.82) is 0 Å². The summed E-state index contributed by atoms with van der Waals surface area (Å²) >= 11 is 0. The molecule has 0 aliphatic carbocycles. The monoisotopic (exact) mass is 255 g/mol. The zero-order valence-corrected chi connectivity index (χ0v) is 10.4. The van der Waals surface area contributed by atoms with Gasteiger partial charge in [-0.15, -0.1) is 0 Å². The first-order valence-electron chi connectivity index (χ1n) is 5.91. The van der Waals surface area contributed by atoms with Crippen molar-refractivity contribution in [1.82, 2.24) is 0 Å². The van der Waals surface area contributed by atoms with E-state index in [1.807, 2.05) is 24.3 Å². The molecule has 0 amide bonds. The standard InChI is InChI=1S/C16H14FNO/c1-2-13-6-5-7-14(10-13)12-19-18-11-15-8-3-4-9-16(15)17/h2-11H,1,12H2. The van der Waals surface area contributed by atoms with Crippen molar-refractivity contribution in [3.8, 4) is 0 Å². The van der Waals surface area contributed by atoms with Gasteiger partial charge in [-0.25, -0.2) is 4.39 Å². The van der Waals surface area contributed by atoms with E-state index in [-0.39, 0.29) is 5.82 Å². The molecule has 2 rings (SSSR count). The summed E-state index contributed by atoms with van der Waals surface area (Å²) in [5.74, 6) is -0.316. The van der Waals surface area contributed by atoms with Gasteiger partial charge in [-0.2, -0.15) is 0 Å². The first kappa shape index (κ1) is 13.0. The van der Waals surface area contributed by atoms with E-state index >= 15 is 0 Å². The SMILES string of the molecule is C=Cc1cccc(CON=Cc2ccccc2F)c1. The number of nitrogens with zero attached hydrogens (tertiary/aromatic N) is 1. The van der Waals surface area contributed by atoms with Crippen LogP contribution in [0.5, 0.6) is 0 Å². The van der Waals surface area contributed by atoms with Crippen molar-refractivity contribution < 1.29 is 9.23 Å². The van der Waals surface area contributed by atoms with Gasteiger partial charge in [0.25, 0.3) is 0 Å². The Morgan fingerprint density at radius 1 is 1.16 bits per heavy atom. The minimum Gasteiger partial charge on any atom is -0.391 e. The Balaban J connectivity index is 1.93. The number of benzene rings is 2. The highest BCUT2D eigenvalue weighted by Gasteiger charge is 1.96. The molecule has 2 aromatic carbocycles. The molecule has 0 aromatic heterocycles. The minimum absolute atomic E-state index is 0.316. The van der Waals surface area contributed by atoms with Crippen LogP contribution in [0.15, 0.2) is 60.3 Å². The Bertz CT molecular complexity index is 593. The molecule has 2 aromatic rings. The topological polar surface area (TPSA) is 21.6 Å². The quantitative estimate of drug-likeness (QED) is 0.584. The third-order valence-electron chi connectivity index (χ3n) is 2.59. The van der Waals surface area contributed by atoms with Crippen LogP contribution in [0.25, 0.3) is 6.08 Å². The number of hydrogen-bond donors (Lipinski definition) is 0. The summed E-state index contributed by atoms with van der Waals surface area (Å²) in [7, 11) is 0. The largest absolute Gasteiger partial charge is 0.391 e. The zero-order chi connectivity index (χ0) is 13.5. The molecule has 0 radical (unpaired) electrons. The van der Waals surface area contributed by atoms with Crippen molar-refractivity contribution in [2.45, 2.75) is 6.61 Å². The first-order valence-corrected chi connectivity index (χ1v) is 5.91. The average molecular weight is 255 g/mol. The van der Waals surface area contributed by atoms with Crippen LogP contribution in [-0.2, 0) is 11.4 Å². The number of oxime groups is 1. The third-order valence-corrected chi connectivity index (χ3v) is 2.59. The molecule has 0 heterocycles. The van der Waals surface area contributed by atoms with E-state index in [1.54, 1.807) is 24.3 Å². The molecule has 0 unspecified atom stereocenters. The maximum absolute atomic E-state index is 13.3. The minimum atomic E-state index is -0.316. The maximum Gasteiger partial charge on any atom is 0.142 e. The van der Waals surface area contributed by atoms with Crippen LogP contribution >= 0.6 is 0 Å². The summed E-state index contributed by atoms with van der Waals surface area (Å²) in [5, 5.41) is 3.76. The maximum atomic E-state index is 13.3. The van der Waals surface area contributed by atoms with Crippen LogP contribution in [0.2, 0.25) is 0 Å². The summed E-state index contributed by atoms with van der Waals surface area (Å²) < 4.78 is 13.3. The van der Waals surface area contributed by atoms with Gasteiger partial charge in [0.15, 0.2) is 0 Å². The van der Waals surface area contributed by atoms with Crippen LogP contribution < -0.4 is 0 Å². The van der Waals surface area contributed by atoms with Gasteiger partial charge >= 0.3 is 0 Å². The van der Waals surface area contributed by atoms with E-state index in [1.165, 1.54) is 12.3 Å². The molecule has 19 heavy (non-hydrogen) atoms. The fraction of sp³-hybridized carbons (Fsp3) is 0.0625. The number of halogens is 1. The van der Waals surface area contributed by atoms with Crippen molar-refractivity contribution >= 4 is 12.3 Å². The predicted octanol–water partition coefficient (Wildman–Crippen LogP) is 4.02. The van der Waals surface area contributed by atoms with Crippen molar-refractivity contribution in [3.05, 3.63) is 77.6 Å². The molecule has 0 atom stereocenters. The second-order valence-electron chi connectivity index (χ2n) is 3.98. The summed E-state index contributed by atoms with van der Waals surface area (Å²) in [6.45, 7) is 4.05. The highest BCUT2D eigenvalue weighted by molar-refractivity contribution is 5.79. The molecule has 0 N–H and O–H groups in total. The normalized spacial score (nSPS) is 10.6. The van der Waals surface area contributed by atoms with Crippen LogP contribution in [-0.4, -0.2) is 6.21 Å². The zero-order valence-electron chi connectivity index (χ0n) is 10.4. The molecule has 0 bridgehead atoms. The first-order chi connectivity index (χ1) is 9.29. The summed E-state index contributed by atoms with van der Waals surface area (Å²) in [6.07, 6.45) is 3.14. The van der Waals surface area contributed by atoms with E-state index in [0.29, 0.717) is 12.2 Å². The highest BCUT2D eigenvalue weighted by atomic mass is 19.1. The van der Waals surface area contributed by atoms with Gasteiger partial charge in [-0.05, 0) is 23.3 Å². The number of rotatable bonds is 5. The number of hydrogen-bond acceptors (Lipinski definition) is 2. The van der Waals surface area contributed by atoms with Crippen LogP contribution in [0.4, 0.5) is 4.39 Å². The van der Waals surface area contributed by atoms with Gasteiger partial charge in [0.2, 0.25) is 0 Å². The molecule has 0 aliphatic heterocycles. The Labute approximate surface area is 111 Å². The molecule has 96 valence electrons. The molecule has 0 saturated heterocycles. The molecule has 0 fully saturated rings. The van der Waals surface area contributed by atoms with Gasteiger partial charge in [0.1, 0.15) is 12.4 Å². The summed E-state index contributed by atoms with van der Waals surface area (Å²) in [4.78, 5) is 5.15. The Morgan fingerprint density at radius 2 is 2.00 bits per heavy atom. The van der Waals surface area contributed by atoms with Crippen molar-refractivity contribution in [2.75, 3.05) is 0 Å². The second kappa shape index (κ2) is 6.50. The van der Waals surface area contributed by atoms with E-state index < -0.39 is 0 Å². The van der Waals surface area contributed by atoms with Gasteiger partial charge < -0.3 is 4.84 Å². The Kier molecular flexibility index (Phi) is 4.45. The lowest BCUT2D eigenvalue weighted by Gasteiger charge is -2.01. The lowest BCUT2D eigenvalue weighted by Crippen LogP contribution is -1.90. The van der Waals surface area contributed by atoms with Gasteiger partial charge in [0, 0.05) is 5.56 Å². The summed E-state index contributed by atoms with van der Waals surface area (Å²) in [6, 6.07) is 14.2. The fourth-order valence-corrected chi connectivity index (χ4v) is 1.60. The van der Waals surface area contributed by atoms with Gasteiger partial charge in [0.05, 0.1) is 6.21 Å². The molecule has 0 spiro atoms. The van der Waals surface area contributed by atoms with E-state index in [9.17, 15) is 4.39 Å². The Hall–Kier alpha value is -2.42. The van der Waals surface area contributed by atoms with Gasteiger partial charge in [-0.1, -0.05) is 54.2 Å². The second-order valence-corrected chi connectivity index (χ2v) is 3.98. The fourth-order valence-electron chi connectivity index (χ4n) is 1.60. The van der Waals surface area contributed by atoms with Crippen molar-refractivity contribution in [3.63, 3.8) is 0 Å². The van der Waals surface area contributed by atoms with E-state index in [4.69, 9.17) is 4.84 Å².